The number of likely N-dealkylation sites (tertiary alicyclic amines) is 1. The minimum absolute atomic E-state index is 0.224. The van der Waals surface area contributed by atoms with Crippen molar-refractivity contribution in [1.29, 1.82) is 0 Å². The third-order valence-corrected chi connectivity index (χ3v) is 5.40. The second-order valence-electron chi connectivity index (χ2n) is 7.30. The number of carbonyl (C=O) groups is 1. The minimum Gasteiger partial charge on any atom is -0.336 e. The molecule has 28 heavy (non-hydrogen) atoms. The normalized spacial score (nSPS) is 17.8. The Morgan fingerprint density at radius 1 is 1.25 bits per heavy atom. The number of aryl methyl sites for hydroxylation is 2. The van der Waals surface area contributed by atoms with Crippen LogP contribution in [0.5, 0.6) is 0 Å². The van der Waals surface area contributed by atoms with Gasteiger partial charge in [0.25, 0.3) is 18.1 Å². The van der Waals surface area contributed by atoms with Gasteiger partial charge in [0.1, 0.15) is 29.2 Å². The molecule has 0 radical (unpaired) electrons. The molecule has 1 spiro atoms. The van der Waals surface area contributed by atoms with Gasteiger partial charge in [-0.25, -0.2) is 21.4 Å². The first kappa shape index (κ1) is 18.1. The fourth-order valence-corrected chi connectivity index (χ4v) is 4.02. The van der Waals surface area contributed by atoms with E-state index in [1.54, 1.807) is 16.7 Å². The van der Waals surface area contributed by atoms with Crippen LogP contribution in [0, 0.1) is 20.4 Å². The first-order valence-corrected chi connectivity index (χ1v) is 9.14. The van der Waals surface area contributed by atoms with E-state index in [1.807, 2.05) is 18.7 Å². The van der Waals surface area contributed by atoms with Crippen LogP contribution >= 0.6 is 0 Å². The lowest BCUT2D eigenvalue weighted by molar-refractivity contribution is 0.0773. The van der Waals surface area contributed by atoms with Gasteiger partial charge < -0.3 is 10.6 Å². The number of nitrogens with one attached hydrogen (secondary N) is 2. The molecule has 0 bridgehead atoms. The van der Waals surface area contributed by atoms with E-state index in [2.05, 4.69) is 25.4 Å². The Morgan fingerprint density at radius 3 is 2.68 bits per heavy atom. The van der Waals surface area contributed by atoms with Crippen LogP contribution < -0.4 is 16.2 Å². The van der Waals surface area contributed by atoms with Crippen LogP contribution in [0.15, 0.2) is 23.3 Å². The van der Waals surface area contributed by atoms with Crippen LogP contribution in [0.1, 0.15) is 34.6 Å². The molecule has 2 aliphatic heterocycles. The van der Waals surface area contributed by atoms with E-state index in [1.165, 1.54) is 6.33 Å². The highest BCUT2D eigenvalue weighted by molar-refractivity contribution is 5.97. The van der Waals surface area contributed by atoms with Gasteiger partial charge in [0.15, 0.2) is 0 Å². The summed E-state index contributed by atoms with van der Waals surface area (Å²) in [5.41, 5.74) is 1.30. The summed E-state index contributed by atoms with van der Waals surface area (Å²) in [6, 6.07) is 3.45. The topological polar surface area (TPSA) is 96.5 Å². The van der Waals surface area contributed by atoms with Gasteiger partial charge >= 0.3 is 0 Å². The van der Waals surface area contributed by atoms with Crippen LogP contribution in [-0.2, 0) is 5.66 Å². The highest BCUT2D eigenvalue weighted by atomic mass is 16.2. The Bertz CT molecular complexity index is 1050. The Labute approximate surface area is 162 Å². The quantitative estimate of drug-likeness (QED) is 0.782. The molecule has 0 aromatic carbocycles. The average molecular weight is 379 g/mol. The van der Waals surface area contributed by atoms with Crippen molar-refractivity contribution in [3.05, 3.63) is 57.2 Å². The predicted molar refractivity (Wildman–Crippen MR) is 103 cm³/mol. The third kappa shape index (κ3) is 2.92. The number of rotatable bonds is 3. The molecule has 9 heteroatoms. The molecule has 1 fully saturated rings. The Balaban J connectivity index is 1.75. The van der Waals surface area contributed by atoms with E-state index in [0.717, 1.165) is 11.3 Å². The summed E-state index contributed by atoms with van der Waals surface area (Å²) in [6.07, 6.45) is 2.60. The lowest BCUT2D eigenvalue weighted by Crippen LogP contribution is -2.54. The van der Waals surface area contributed by atoms with Crippen LogP contribution in [0.25, 0.3) is 4.85 Å². The van der Waals surface area contributed by atoms with Gasteiger partial charge in [0, 0.05) is 37.7 Å². The SMILES string of the molecule is [C-]#[N+]CN1CCC2(CC1)NC(=O)c1c(C)cc(Nc3cc(C)ncn3)c(=O)n12. The lowest BCUT2D eigenvalue weighted by Gasteiger charge is -2.38. The zero-order chi connectivity index (χ0) is 19.9. The first-order chi connectivity index (χ1) is 13.4. The van der Waals surface area contributed by atoms with Gasteiger partial charge in [-0.05, 0) is 25.5 Å². The molecule has 0 saturated carbocycles. The maximum atomic E-state index is 13.3. The number of fused-ring (bicyclic) bond motifs is 2. The monoisotopic (exact) mass is 379 g/mol. The molecule has 144 valence electrons. The molecule has 0 unspecified atom stereocenters. The third-order valence-electron chi connectivity index (χ3n) is 5.40. The van der Waals surface area contributed by atoms with Crippen molar-refractivity contribution in [2.45, 2.75) is 32.4 Å². The number of piperidine rings is 1. The van der Waals surface area contributed by atoms with E-state index in [0.29, 0.717) is 49.8 Å². The molecule has 2 aromatic heterocycles. The van der Waals surface area contributed by atoms with E-state index < -0.39 is 5.66 Å². The molecule has 0 atom stereocenters. The first-order valence-electron chi connectivity index (χ1n) is 9.14. The van der Waals surface area contributed by atoms with Gasteiger partial charge in [-0.1, -0.05) is 0 Å². The van der Waals surface area contributed by atoms with Crippen molar-refractivity contribution in [3.8, 4) is 0 Å². The molecule has 1 amide bonds. The maximum absolute atomic E-state index is 13.3. The molecule has 2 N–H and O–H groups in total. The van der Waals surface area contributed by atoms with Crippen molar-refractivity contribution in [2.24, 2.45) is 0 Å². The smallest absolute Gasteiger partial charge is 0.276 e. The number of carbonyl (C=O) groups excluding carboxylic acids is 1. The van der Waals surface area contributed by atoms with E-state index in [4.69, 9.17) is 6.57 Å². The Kier molecular flexibility index (Phi) is 4.35. The fourth-order valence-electron chi connectivity index (χ4n) is 4.02. The summed E-state index contributed by atoms with van der Waals surface area (Å²) in [5.74, 6) is 0.306. The van der Waals surface area contributed by atoms with Crippen LogP contribution in [0.3, 0.4) is 0 Å². The number of hydrogen-bond donors (Lipinski definition) is 2. The summed E-state index contributed by atoms with van der Waals surface area (Å²) < 4.78 is 1.61. The highest BCUT2D eigenvalue weighted by Crippen LogP contribution is 2.34. The van der Waals surface area contributed by atoms with Gasteiger partial charge in [-0.3, -0.25) is 19.0 Å². The van der Waals surface area contributed by atoms with Crippen molar-refractivity contribution in [2.75, 3.05) is 25.1 Å². The molecule has 0 aliphatic carbocycles. The largest absolute Gasteiger partial charge is 0.336 e. The summed E-state index contributed by atoms with van der Waals surface area (Å²) in [7, 11) is 0. The van der Waals surface area contributed by atoms with Crippen molar-refractivity contribution in [3.63, 3.8) is 0 Å². The van der Waals surface area contributed by atoms with Gasteiger partial charge in [-0.15, -0.1) is 0 Å². The summed E-state index contributed by atoms with van der Waals surface area (Å²) in [6.45, 7) is 12.3. The summed E-state index contributed by atoms with van der Waals surface area (Å²) in [5, 5.41) is 6.12. The molecular formula is C19H21N7O2. The molecule has 2 aromatic rings. The standard InChI is InChI=1S/C19H21N7O2/c1-12-8-14(23-15-9-13(2)21-10-22-15)18(28)26-16(12)17(27)24-19(26)4-6-25(7-5-19)11-20-3/h8-10H,4-7,11H2,1-2H3,(H,24,27)(H,21,22,23). The van der Waals surface area contributed by atoms with Crippen LogP contribution in [-0.4, -0.2) is 45.1 Å². The zero-order valence-electron chi connectivity index (χ0n) is 15.8. The Morgan fingerprint density at radius 2 is 2.00 bits per heavy atom. The number of amides is 1. The molecule has 1 saturated heterocycles. The lowest BCUT2D eigenvalue weighted by atomic mass is 9.97. The number of hydrogen-bond acceptors (Lipinski definition) is 6. The maximum Gasteiger partial charge on any atom is 0.276 e. The summed E-state index contributed by atoms with van der Waals surface area (Å²) >= 11 is 0. The van der Waals surface area contributed by atoms with Crippen LogP contribution in [0.2, 0.25) is 0 Å². The molecule has 2 aliphatic rings. The fraction of sp³-hybridized carbons (Fsp3) is 0.421. The Hall–Kier alpha value is -3.25. The van der Waals surface area contributed by atoms with Gasteiger partial charge in [0.05, 0.1) is 0 Å². The number of anilines is 2. The van der Waals surface area contributed by atoms with Gasteiger partial charge in [0.2, 0.25) is 0 Å². The second-order valence-corrected chi connectivity index (χ2v) is 7.30. The van der Waals surface area contributed by atoms with Crippen molar-refractivity contribution in [1.82, 2.24) is 24.8 Å². The molecule has 4 rings (SSSR count). The van der Waals surface area contributed by atoms with E-state index in [9.17, 15) is 9.59 Å². The molecule has 9 nitrogen and oxygen atoms in total. The van der Waals surface area contributed by atoms with Gasteiger partial charge in [-0.2, -0.15) is 0 Å². The molecular weight excluding hydrogens is 358 g/mol. The second kappa shape index (κ2) is 6.73. The minimum atomic E-state index is -0.744. The summed E-state index contributed by atoms with van der Waals surface area (Å²) in [4.78, 5) is 39.7. The van der Waals surface area contributed by atoms with Crippen molar-refractivity contribution >= 4 is 17.4 Å². The van der Waals surface area contributed by atoms with Crippen LogP contribution in [0.4, 0.5) is 11.5 Å². The molecule has 4 heterocycles. The highest BCUT2D eigenvalue weighted by Gasteiger charge is 2.46. The van der Waals surface area contributed by atoms with Crippen molar-refractivity contribution < 1.29 is 4.79 Å². The average Bonchev–Trinajstić information content (AvgIpc) is 2.94. The van der Waals surface area contributed by atoms with E-state index >= 15 is 0 Å². The predicted octanol–water partition coefficient (Wildman–Crippen LogP) is 1.37. The number of nitrogens with zero attached hydrogens (tertiary/aromatic N) is 5. The van der Waals surface area contributed by atoms with E-state index in [-0.39, 0.29) is 11.5 Å². The number of pyridine rings is 1. The zero-order valence-corrected chi connectivity index (χ0v) is 15.8. The number of aromatic nitrogens is 3.